The number of rotatable bonds is 0. The molecule has 1 fully saturated rings. The van der Waals surface area contributed by atoms with Crippen LogP contribution in [0.4, 0.5) is 9.59 Å². The summed E-state index contributed by atoms with van der Waals surface area (Å²) in [7, 11) is 0. The van der Waals surface area contributed by atoms with Crippen LogP contribution >= 0.6 is 0 Å². The summed E-state index contributed by atoms with van der Waals surface area (Å²) in [6, 6.07) is -0.830. The summed E-state index contributed by atoms with van der Waals surface area (Å²) in [6.07, 6.45) is -1.37. The molecule has 1 aliphatic rings. The van der Waals surface area contributed by atoms with Gasteiger partial charge in [0, 0.05) is 0 Å². The van der Waals surface area contributed by atoms with Gasteiger partial charge in [0.1, 0.15) is 6.54 Å². The summed E-state index contributed by atoms with van der Waals surface area (Å²) in [5, 5.41) is 10.7. The molecule has 0 spiro atoms. The Morgan fingerprint density at radius 1 is 1.55 bits per heavy atom. The fourth-order valence-electron chi connectivity index (χ4n) is 0.615. The molecule has 1 saturated heterocycles. The number of amides is 4. The molecule has 7 nitrogen and oxygen atoms in total. The fraction of sp³-hybridized carbons (Fsp3) is 0.250. The van der Waals surface area contributed by atoms with Crippen molar-refractivity contribution in [2.24, 2.45) is 0 Å². The van der Waals surface area contributed by atoms with Gasteiger partial charge in [-0.1, -0.05) is 0 Å². The Morgan fingerprint density at radius 3 is 2.64 bits per heavy atom. The molecule has 1 heterocycles. The molecule has 7 heteroatoms. The Morgan fingerprint density at radius 2 is 2.18 bits per heavy atom. The molecule has 0 bridgehead atoms. The smallest absolute Gasteiger partial charge is 0.426 e. The van der Waals surface area contributed by atoms with Gasteiger partial charge in [-0.25, -0.2) is 20.0 Å². The molecule has 0 atom stereocenters. The first kappa shape index (κ1) is 7.32. The summed E-state index contributed by atoms with van der Waals surface area (Å²) < 4.78 is 0. The molecular weight excluding hydrogens is 154 g/mol. The van der Waals surface area contributed by atoms with E-state index in [1.165, 1.54) is 0 Å². The first-order valence-corrected chi connectivity index (χ1v) is 2.70. The third-order valence-electron chi connectivity index (χ3n) is 1.02. The number of carbonyl (C=O) groups is 3. The van der Waals surface area contributed by atoms with Gasteiger partial charge in [0.2, 0.25) is 5.91 Å². The Labute approximate surface area is 60.9 Å². The highest BCUT2D eigenvalue weighted by Crippen LogP contribution is 1.88. The summed E-state index contributed by atoms with van der Waals surface area (Å²) in [6.45, 7) is -0.374. The number of carbonyl (C=O) groups excluding carboxylic acids is 2. The van der Waals surface area contributed by atoms with E-state index in [9.17, 15) is 14.4 Å². The van der Waals surface area contributed by atoms with Crippen LogP contribution in [-0.2, 0) is 4.79 Å². The number of imide groups is 1. The SMILES string of the molecule is O=C1CN(C(=O)O)NC(=O)N1. The Kier molecular flexibility index (Phi) is 1.63. The molecule has 11 heavy (non-hydrogen) atoms. The quantitative estimate of drug-likeness (QED) is 0.410. The zero-order valence-electron chi connectivity index (χ0n) is 5.33. The molecule has 0 aromatic rings. The van der Waals surface area contributed by atoms with E-state index < -0.39 is 18.0 Å². The molecule has 0 aromatic heterocycles. The van der Waals surface area contributed by atoms with Crippen LogP contribution in [0.1, 0.15) is 0 Å². The molecule has 0 aliphatic carbocycles. The van der Waals surface area contributed by atoms with Crippen molar-refractivity contribution in [2.45, 2.75) is 0 Å². The van der Waals surface area contributed by atoms with E-state index in [4.69, 9.17) is 5.11 Å². The summed E-state index contributed by atoms with van der Waals surface area (Å²) >= 11 is 0. The van der Waals surface area contributed by atoms with Gasteiger partial charge in [0.25, 0.3) is 0 Å². The van der Waals surface area contributed by atoms with Gasteiger partial charge in [-0.05, 0) is 0 Å². The first-order chi connectivity index (χ1) is 5.09. The molecule has 0 unspecified atom stereocenters. The number of nitrogens with one attached hydrogen (secondary N) is 2. The number of urea groups is 1. The Bertz CT molecular complexity index is 209. The van der Waals surface area contributed by atoms with Gasteiger partial charge in [-0.15, -0.1) is 0 Å². The van der Waals surface area contributed by atoms with Gasteiger partial charge >= 0.3 is 12.1 Å². The zero-order valence-corrected chi connectivity index (χ0v) is 5.33. The van der Waals surface area contributed by atoms with Gasteiger partial charge in [-0.3, -0.25) is 10.1 Å². The van der Waals surface area contributed by atoms with Gasteiger partial charge < -0.3 is 5.11 Å². The highest BCUT2D eigenvalue weighted by atomic mass is 16.4. The molecular formula is C4H5N3O4. The third kappa shape index (κ3) is 1.57. The molecule has 0 saturated carbocycles. The summed E-state index contributed by atoms with van der Waals surface area (Å²) in [4.78, 5) is 31.1. The predicted molar refractivity (Wildman–Crippen MR) is 31.4 cm³/mol. The van der Waals surface area contributed by atoms with Crippen molar-refractivity contribution in [3.05, 3.63) is 0 Å². The maximum atomic E-state index is 10.5. The number of hydrogen-bond acceptors (Lipinski definition) is 3. The Hall–Kier alpha value is -1.79. The van der Waals surface area contributed by atoms with Crippen molar-refractivity contribution < 1.29 is 19.5 Å². The third-order valence-corrected chi connectivity index (χ3v) is 1.02. The molecule has 3 N–H and O–H groups in total. The molecule has 0 aromatic carbocycles. The fourth-order valence-corrected chi connectivity index (χ4v) is 0.615. The van der Waals surface area contributed by atoms with Gasteiger partial charge in [0.05, 0.1) is 0 Å². The van der Waals surface area contributed by atoms with Crippen molar-refractivity contribution in [3.63, 3.8) is 0 Å². The lowest BCUT2D eigenvalue weighted by atomic mass is 10.5. The second-order valence-corrected chi connectivity index (χ2v) is 1.86. The second-order valence-electron chi connectivity index (χ2n) is 1.86. The van der Waals surface area contributed by atoms with Crippen LogP contribution in [0.5, 0.6) is 0 Å². The number of hydrazine groups is 1. The number of carboxylic acid groups (broad SMARTS) is 1. The monoisotopic (exact) mass is 159 g/mol. The molecule has 60 valence electrons. The molecule has 4 amide bonds. The normalized spacial score (nSPS) is 17.3. The van der Waals surface area contributed by atoms with Crippen molar-refractivity contribution in [1.29, 1.82) is 0 Å². The highest BCUT2D eigenvalue weighted by molar-refractivity contribution is 5.99. The van der Waals surface area contributed by atoms with Crippen LogP contribution in [0, 0.1) is 0 Å². The van der Waals surface area contributed by atoms with Gasteiger partial charge in [0.15, 0.2) is 0 Å². The standard InChI is InChI=1S/C4H5N3O4/c8-2-1-7(4(10)11)6-3(9)5-2/h1H2,(H,10,11)(H2,5,6,8,9). The minimum atomic E-state index is -1.37. The van der Waals surface area contributed by atoms with E-state index in [2.05, 4.69) is 0 Å². The topological polar surface area (TPSA) is 98.7 Å². The minimum absolute atomic E-state index is 0.374. The van der Waals surface area contributed by atoms with E-state index in [-0.39, 0.29) is 6.54 Å². The lowest BCUT2D eigenvalue weighted by Crippen LogP contribution is -2.60. The van der Waals surface area contributed by atoms with E-state index in [1.54, 1.807) is 0 Å². The predicted octanol–water partition coefficient (Wildman–Crippen LogP) is -1.28. The lowest BCUT2D eigenvalue weighted by Gasteiger charge is -2.23. The second kappa shape index (κ2) is 2.45. The zero-order chi connectivity index (χ0) is 8.43. The average Bonchev–Trinajstić information content (AvgIpc) is 1.85. The molecule has 1 rings (SSSR count). The maximum absolute atomic E-state index is 10.5. The van der Waals surface area contributed by atoms with Crippen LogP contribution in [0.3, 0.4) is 0 Å². The van der Waals surface area contributed by atoms with E-state index in [0.717, 1.165) is 0 Å². The highest BCUT2D eigenvalue weighted by Gasteiger charge is 2.24. The number of hydrogen-bond donors (Lipinski definition) is 3. The van der Waals surface area contributed by atoms with E-state index in [0.29, 0.717) is 5.01 Å². The Balaban J connectivity index is 2.63. The van der Waals surface area contributed by atoms with Crippen LogP contribution in [-0.4, -0.2) is 34.7 Å². The maximum Gasteiger partial charge on any atom is 0.426 e. The van der Waals surface area contributed by atoms with Crippen molar-refractivity contribution >= 4 is 18.0 Å². The summed E-state index contributed by atoms with van der Waals surface area (Å²) in [5.74, 6) is -0.642. The average molecular weight is 159 g/mol. The molecule has 1 aliphatic heterocycles. The van der Waals surface area contributed by atoms with Crippen LogP contribution in [0.15, 0.2) is 0 Å². The largest absolute Gasteiger partial charge is 0.464 e. The van der Waals surface area contributed by atoms with Gasteiger partial charge in [-0.2, -0.15) is 0 Å². The van der Waals surface area contributed by atoms with Crippen LogP contribution < -0.4 is 10.7 Å². The molecule has 0 radical (unpaired) electrons. The number of nitrogens with zero attached hydrogens (tertiary/aromatic N) is 1. The van der Waals surface area contributed by atoms with E-state index in [1.807, 2.05) is 10.7 Å². The first-order valence-electron chi connectivity index (χ1n) is 2.70. The van der Waals surface area contributed by atoms with E-state index >= 15 is 0 Å². The van der Waals surface area contributed by atoms with Crippen molar-refractivity contribution in [3.8, 4) is 0 Å². The van der Waals surface area contributed by atoms with Crippen LogP contribution in [0.25, 0.3) is 0 Å². The van der Waals surface area contributed by atoms with Crippen molar-refractivity contribution in [1.82, 2.24) is 15.8 Å². The lowest BCUT2D eigenvalue weighted by molar-refractivity contribution is -0.122. The minimum Gasteiger partial charge on any atom is -0.464 e. The van der Waals surface area contributed by atoms with Crippen LogP contribution in [0.2, 0.25) is 0 Å². The van der Waals surface area contributed by atoms with Crippen molar-refractivity contribution in [2.75, 3.05) is 6.54 Å². The summed E-state index contributed by atoms with van der Waals surface area (Å²) in [5.41, 5.74) is 1.91.